The fraction of sp³-hybridized carbons (Fsp3) is 0.310. The standard InChI is InChI=1S/C29H33N7O2/c1-19-8-7-9-20(2)25(19)35-14-16-36(17-15-35)29(38)24-18-23-27(31-13-12-30-21(3)37)33-26(34-28(23)32-24)22-10-5-4-6-11-22/h4-11,18H,12-17H2,1-3H3,(H,30,37)(H2,31,32,33,34). The number of fused-ring (bicyclic) bond motifs is 1. The van der Waals surface area contributed by atoms with E-state index in [0.717, 1.165) is 24.0 Å². The molecule has 0 unspecified atom stereocenters. The first kappa shape index (κ1) is 25.3. The van der Waals surface area contributed by atoms with Crippen LogP contribution in [-0.4, -0.2) is 70.9 Å². The maximum atomic E-state index is 13.5. The van der Waals surface area contributed by atoms with Gasteiger partial charge in [-0.2, -0.15) is 0 Å². The summed E-state index contributed by atoms with van der Waals surface area (Å²) in [6.45, 7) is 9.57. The molecule has 2 amide bonds. The predicted molar refractivity (Wildman–Crippen MR) is 151 cm³/mol. The number of para-hydroxylation sites is 1. The van der Waals surface area contributed by atoms with Gasteiger partial charge in [-0.05, 0) is 31.0 Å². The van der Waals surface area contributed by atoms with Gasteiger partial charge in [-0.3, -0.25) is 9.59 Å². The monoisotopic (exact) mass is 511 g/mol. The molecule has 3 N–H and O–H groups in total. The molecular weight excluding hydrogens is 478 g/mol. The van der Waals surface area contributed by atoms with E-state index in [9.17, 15) is 9.59 Å². The first-order chi connectivity index (χ1) is 18.4. The molecule has 0 bridgehead atoms. The Bertz CT molecular complexity index is 1440. The Morgan fingerprint density at radius 1 is 0.921 bits per heavy atom. The van der Waals surface area contributed by atoms with Crippen LogP contribution in [-0.2, 0) is 4.79 Å². The highest BCUT2D eigenvalue weighted by molar-refractivity contribution is 6.00. The molecule has 1 aliphatic heterocycles. The number of hydrogen-bond donors (Lipinski definition) is 3. The zero-order valence-electron chi connectivity index (χ0n) is 22.0. The highest BCUT2D eigenvalue weighted by atomic mass is 16.2. The second-order valence-corrected chi connectivity index (χ2v) is 9.64. The number of aromatic nitrogens is 3. The number of hydrogen-bond acceptors (Lipinski definition) is 6. The normalized spacial score (nSPS) is 13.6. The maximum Gasteiger partial charge on any atom is 0.270 e. The number of aryl methyl sites for hydroxylation is 2. The van der Waals surface area contributed by atoms with Crippen LogP contribution in [0.5, 0.6) is 0 Å². The molecule has 1 saturated heterocycles. The molecule has 2 aromatic heterocycles. The van der Waals surface area contributed by atoms with Crippen LogP contribution in [0.3, 0.4) is 0 Å². The zero-order valence-corrected chi connectivity index (χ0v) is 22.0. The lowest BCUT2D eigenvalue weighted by atomic mass is 10.1. The summed E-state index contributed by atoms with van der Waals surface area (Å²) in [5.74, 6) is 1.05. The Hall–Kier alpha value is -4.40. The molecule has 5 rings (SSSR count). The molecule has 0 radical (unpaired) electrons. The smallest absolute Gasteiger partial charge is 0.270 e. The van der Waals surface area contributed by atoms with E-state index in [-0.39, 0.29) is 11.8 Å². The Balaban J connectivity index is 1.37. The van der Waals surface area contributed by atoms with Crippen molar-refractivity contribution in [2.75, 3.05) is 49.5 Å². The predicted octanol–water partition coefficient (Wildman–Crippen LogP) is 3.75. The van der Waals surface area contributed by atoms with Crippen molar-refractivity contribution in [1.29, 1.82) is 0 Å². The van der Waals surface area contributed by atoms with Crippen LogP contribution >= 0.6 is 0 Å². The first-order valence-corrected chi connectivity index (χ1v) is 13.0. The molecular formula is C29H33N7O2. The highest BCUT2D eigenvalue weighted by Crippen LogP contribution is 2.28. The summed E-state index contributed by atoms with van der Waals surface area (Å²) in [5.41, 5.74) is 5.75. The van der Waals surface area contributed by atoms with E-state index in [4.69, 9.17) is 9.97 Å². The van der Waals surface area contributed by atoms with Crippen molar-refractivity contribution in [2.45, 2.75) is 20.8 Å². The SMILES string of the molecule is CC(=O)NCCNc1nc(-c2ccccc2)nc2[nH]c(C(=O)N3CCN(c4c(C)cccc4C)CC3)cc12. The van der Waals surface area contributed by atoms with Crippen molar-refractivity contribution < 1.29 is 9.59 Å². The number of rotatable bonds is 7. The van der Waals surface area contributed by atoms with Gasteiger partial charge in [0.25, 0.3) is 5.91 Å². The zero-order chi connectivity index (χ0) is 26.6. The molecule has 0 spiro atoms. The minimum atomic E-state index is -0.0863. The third-order valence-electron chi connectivity index (χ3n) is 6.86. The van der Waals surface area contributed by atoms with Gasteiger partial charge < -0.3 is 25.4 Å². The summed E-state index contributed by atoms with van der Waals surface area (Å²) in [7, 11) is 0. The van der Waals surface area contributed by atoms with E-state index in [1.807, 2.05) is 41.3 Å². The van der Waals surface area contributed by atoms with E-state index in [1.165, 1.54) is 23.7 Å². The highest BCUT2D eigenvalue weighted by Gasteiger charge is 2.25. The second kappa shape index (κ2) is 10.9. The molecule has 3 heterocycles. The number of piperazine rings is 1. The number of H-pyrrole nitrogens is 1. The van der Waals surface area contributed by atoms with Gasteiger partial charge >= 0.3 is 0 Å². The Labute approximate surface area is 222 Å². The number of amides is 2. The van der Waals surface area contributed by atoms with Crippen LogP contribution in [0.1, 0.15) is 28.5 Å². The third kappa shape index (κ3) is 5.32. The van der Waals surface area contributed by atoms with E-state index in [1.54, 1.807) is 0 Å². The van der Waals surface area contributed by atoms with Gasteiger partial charge in [0.1, 0.15) is 17.2 Å². The van der Waals surface area contributed by atoms with Crippen molar-refractivity contribution in [3.63, 3.8) is 0 Å². The second-order valence-electron chi connectivity index (χ2n) is 9.64. The summed E-state index contributed by atoms with van der Waals surface area (Å²) in [6, 6.07) is 17.9. The minimum absolute atomic E-state index is 0.0467. The van der Waals surface area contributed by atoms with Crippen molar-refractivity contribution in [1.82, 2.24) is 25.2 Å². The molecule has 4 aromatic rings. The van der Waals surface area contributed by atoms with Crippen molar-refractivity contribution in [2.24, 2.45) is 0 Å². The molecule has 38 heavy (non-hydrogen) atoms. The molecule has 1 aliphatic rings. The number of nitrogens with one attached hydrogen (secondary N) is 3. The summed E-state index contributed by atoms with van der Waals surface area (Å²) in [4.78, 5) is 41.7. The van der Waals surface area contributed by atoms with Crippen LogP contribution in [0.4, 0.5) is 11.5 Å². The topological polar surface area (TPSA) is 106 Å². The lowest BCUT2D eigenvalue weighted by Gasteiger charge is -2.37. The molecule has 0 saturated carbocycles. The van der Waals surface area contributed by atoms with E-state index < -0.39 is 0 Å². The third-order valence-corrected chi connectivity index (χ3v) is 6.86. The average molecular weight is 512 g/mol. The fourth-order valence-electron chi connectivity index (χ4n) is 5.00. The fourth-order valence-corrected chi connectivity index (χ4v) is 5.00. The van der Waals surface area contributed by atoms with Gasteiger partial charge in [-0.25, -0.2) is 9.97 Å². The summed E-state index contributed by atoms with van der Waals surface area (Å²) in [5, 5.41) is 6.82. The van der Waals surface area contributed by atoms with Crippen LogP contribution in [0.15, 0.2) is 54.6 Å². The van der Waals surface area contributed by atoms with E-state index in [2.05, 4.69) is 52.6 Å². The Morgan fingerprint density at radius 2 is 1.63 bits per heavy atom. The summed E-state index contributed by atoms with van der Waals surface area (Å²) >= 11 is 0. The van der Waals surface area contributed by atoms with Crippen molar-refractivity contribution in [3.8, 4) is 11.4 Å². The Morgan fingerprint density at radius 3 is 2.32 bits per heavy atom. The molecule has 9 nitrogen and oxygen atoms in total. The quantitative estimate of drug-likeness (QED) is 0.326. The number of nitrogens with zero attached hydrogens (tertiary/aromatic N) is 4. The molecule has 0 aliphatic carbocycles. The number of aromatic amines is 1. The van der Waals surface area contributed by atoms with Crippen LogP contribution < -0.4 is 15.5 Å². The van der Waals surface area contributed by atoms with Crippen LogP contribution in [0.25, 0.3) is 22.4 Å². The lowest BCUT2D eigenvalue weighted by molar-refractivity contribution is -0.118. The number of carbonyl (C=O) groups is 2. The number of anilines is 2. The van der Waals surface area contributed by atoms with Gasteiger partial charge in [0.2, 0.25) is 5.91 Å². The molecule has 196 valence electrons. The van der Waals surface area contributed by atoms with Crippen molar-refractivity contribution in [3.05, 3.63) is 71.4 Å². The van der Waals surface area contributed by atoms with E-state index in [0.29, 0.717) is 49.2 Å². The average Bonchev–Trinajstić information content (AvgIpc) is 3.36. The van der Waals surface area contributed by atoms with Gasteiger partial charge in [0.05, 0.1) is 5.39 Å². The van der Waals surface area contributed by atoms with Gasteiger partial charge in [-0.1, -0.05) is 48.5 Å². The Kier molecular flexibility index (Phi) is 7.26. The molecule has 0 atom stereocenters. The first-order valence-electron chi connectivity index (χ1n) is 13.0. The summed E-state index contributed by atoms with van der Waals surface area (Å²) in [6.07, 6.45) is 0. The molecule has 2 aromatic carbocycles. The van der Waals surface area contributed by atoms with Crippen LogP contribution in [0, 0.1) is 13.8 Å². The summed E-state index contributed by atoms with van der Waals surface area (Å²) < 4.78 is 0. The largest absolute Gasteiger partial charge is 0.368 e. The van der Waals surface area contributed by atoms with Gasteiger partial charge in [-0.15, -0.1) is 0 Å². The van der Waals surface area contributed by atoms with Gasteiger partial charge in [0.15, 0.2) is 5.82 Å². The minimum Gasteiger partial charge on any atom is -0.368 e. The van der Waals surface area contributed by atoms with Crippen LogP contribution in [0.2, 0.25) is 0 Å². The number of benzene rings is 2. The van der Waals surface area contributed by atoms with Crippen molar-refractivity contribution >= 4 is 34.4 Å². The maximum absolute atomic E-state index is 13.5. The molecule has 1 fully saturated rings. The number of carbonyl (C=O) groups excluding carboxylic acids is 2. The lowest BCUT2D eigenvalue weighted by Crippen LogP contribution is -2.49. The van der Waals surface area contributed by atoms with Gasteiger partial charge in [0, 0.05) is 57.4 Å². The van der Waals surface area contributed by atoms with E-state index >= 15 is 0 Å². The molecule has 9 heteroatoms.